The van der Waals surface area contributed by atoms with Crippen molar-refractivity contribution in [2.75, 3.05) is 10.6 Å². The van der Waals surface area contributed by atoms with Crippen LogP contribution in [0.1, 0.15) is 22.1 Å². The van der Waals surface area contributed by atoms with Gasteiger partial charge >= 0.3 is 0 Å². The Kier molecular flexibility index (Phi) is 5.08. The Balaban J connectivity index is 1.35. The topological polar surface area (TPSA) is 122 Å². The molecule has 0 aliphatic rings. The van der Waals surface area contributed by atoms with E-state index in [4.69, 9.17) is 16.0 Å². The molecule has 0 aliphatic heterocycles. The summed E-state index contributed by atoms with van der Waals surface area (Å²) in [5, 5.41) is 14.9. The summed E-state index contributed by atoms with van der Waals surface area (Å²) < 4.78 is 9.81. The van der Waals surface area contributed by atoms with Crippen molar-refractivity contribution in [1.29, 1.82) is 0 Å². The Morgan fingerprint density at radius 2 is 2.06 bits per heavy atom. The number of aryl methyl sites for hydroxylation is 2. The SMILES string of the molecule is Cc1nc(C)c(C(=O)Nc2cccc(-c3nsc(Nc4ccc5[nH]ncc5c4Cl)n3)c2)o1. The van der Waals surface area contributed by atoms with E-state index in [1.165, 1.54) is 11.5 Å². The Labute approximate surface area is 191 Å². The number of H-pyrrole nitrogens is 1. The molecule has 0 saturated carbocycles. The minimum atomic E-state index is -0.363. The fourth-order valence-corrected chi connectivity index (χ4v) is 4.12. The maximum Gasteiger partial charge on any atom is 0.293 e. The van der Waals surface area contributed by atoms with E-state index < -0.39 is 0 Å². The van der Waals surface area contributed by atoms with E-state index in [9.17, 15) is 4.79 Å². The van der Waals surface area contributed by atoms with Crippen molar-refractivity contribution in [3.63, 3.8) is 0 Å². The zero-order chi connectivity index (χ0) is 22.2. The highest BCUT2D eigenvalue weighted by atomic mass is 35.5. The molecule has 0 aliphatic carbocycles. The van der Waals surface area contributed by atoms with Crippen molar-refractivity contribution in [1.82, 2.24) is 24.5 Å². The van der Waals surface area contributed by atoms with E-state index in [-0.39, 0.29) is 11.7 Å². The Morgan fingerprint density at radius 3 is 2.88 bits per heavy atom. The molecule has 160 valence electrons. The zero-order valence-corrected chi connectivity index (χ0v) is 18.5. The molecule has 0 saturated heterocycles. The number of nitrogens with zero attached hydrogens (tertiary/aromatic N) is 4. The molecule has 0 bridgehead atoms. The van der Waals surface area contributed by atoms with Gasteiger partial charge in [0.15, 0.2) is 11.7 Å². The fourth-order valence-electron chi connectivity index (χ4n) is 3.25. The van der Waals surface area contributed by atoms with Crippen molar-refractivity contribution in [2.45, 2.75) is 13.8 Å². The first-order chi connectivity index (χ1) is 15.5. The summed E-state index contributed by atoms with van der Waals surface area (Å²) >= 11 is 7.68. The number of anilines is 3. The van der Waals surface area contributed by atoms with Crippen LogP contribution in [0.3, 0.4) is 0 Å². The third-order valence-electron chi connectivity index (χ3n) is 4.71. The molecule has 0 atom stereocenters. The van der Waals surface area contributed by atoms with Gasteiger partial charge in [-0.3, -0.25) is 9.89 Å². The third kappa shape index (κ3) is 3.81. The smallest absolute Gasteiger partial charge is 0.293 e. The average molecular weight is 466 g/mol. The van der Waals surface area contributed by atoms with Crippen LogP contribution in [0.5, 0.6) is 0 Å². The molecule has 0 radical (unpaired) electrons. The largest absolute Gasteiger partial charge is 0.436 e. The second-order valence-corrected chi connectivity index (χ2v) is 8.12. The summed E-state index contributed by atoms with van der Waals surface area (Å²) in [4.78, 5) is 21.2. The van der Waals surface area contributed by atoms with Crippen LogP contribution in [-0.4, -0.2) is 30.4 Å². The second kappa shape index (κ2) is 8.06. The Hall–Kier alpha value is -3.76. The van der Waals surface area contributed by atoms with Crippen molar-refractivity contribution in [2.24, 2.45) is 0 Å². The number of aromatic nitrogens is 5. The summed E-state index contributed by atoms with van der Waals surface area (Å²) in [6, 6.07) is 11.0. The standard InChI is InChI=1S/C21H16ClN7O2S/c1-10-18(31-11(2)24-10)20(30)25-13-5-3-4-12(8-13)19-27-21(32-29-19)26-16-7-6-15-14(17(16)22)9-23-28-15/h3-9H,1-2H3,(H,23,28)(H,25,30)(H,26,27,29). The van der Waals surface area contributed by atoms with E-state index in [1.54, 1.807) is 32.2 Å². The van der Waals surface area contributed by atoms with E-state index in [1.807, 2.05) is 24.3 Å². The summed E-state index contributed by atoms with van der Waals surface area (Å²) in [6.07, 6.45) is 1.68. The van der Waals surface area contributed by atoms with E-state index >= 15 is 0 Å². The highest BCUT2D eigenvalue weighted by Gasteiger charge is 2.17. The van der Waals surface area contributed by atoms with E-state index in [0.717, 1.165) is 16.5 Å². The Bertz CT molecular complexity index is 1460. The lowest BCUT2D eigenvalue weighted by molar-refractivity contribution is 0.0994. The molecular formula is C21H16ClN7O2S. The van der Waals surface area contributed by atoms with Crippen LogP contribution < -0.4 is 10.6 Å². The maximum atomic E-state index is 12.5. The number of carbonyl (C=O) groups excluding carboxylic acids is 1. The summed E-state index contributed by atoms with van der Waals surface area (Å²) in [5.74, 6) is 0.802. The molecule has 2 aromatic carbocycles. The molecule has 0 fully saturated rings. The zero-order valence-electron chi connectivity index (χ0n) is 16.9. The first kappa shape index (κ1) is 20.2. The summed E-state index contributed by atoms with van der Waals surface area (Å²) in [6.45, 7) is 3.43. The van der Waals surface area contributed by atoms with Gasteiger partial charge in [-0.05, 0) is 31.2 Å². The third-order valence-corrected chi connectivity index (χ3v) is 5.75. The van der Waals surface area contributed by atoms with Crippen LogP contribution in [0.2, 0.25) is 5.02 Å². The first-order valence-corrected chi connectivity index (χ1v) is 10.7. The van der Waals surface area contributed by atoms with Gasteiger partial charge in [-0.15, -0.1) is 0 Å². The minimum absolute atomic E-state index is 0.192. The number of halogens is 1. The lowest BCUT2D eigenvalue weighted by atomic mass is 10.2. The van der Waals surface area contributed by atoms with Gasteiger partial charge in [0.2, 0.25) is 10.9 Å². The van der Waals surface area contributed by atoms with Crippen molar-refractivity contribution in [3.8, 4) is 11.4 Å². The molecule has 11 heteroatoms. The van der Waals surface area contributed by atoms with Gasteiger partial charge in [0.25, 0.3) is 5.91 Å². The summed E-state index contributed by atoms with van der Waals surface area (Å²) in [7, 11) is 0. The van der Waals surface area contributed by atoms with Crippen LogP contribution in [0, 0.1) is 13.8 Å². The molecule has 3 N–H and O–H groups in total. The number of benzene rings is 2. The van der Waals surface area contributed by atoms with E-state index in [0.29, 0.717) is 38.9 Å². The highest BCUT2D eigenvalue weighted by molar-refractivity contribution is 7.10. The first-order valence-electron chi connectivity index (χ1n) is 9.56. The molecular weight excluding hydrogens is 450 g/mol. The highest BCUT2D eigenvalue weighted by Crippen LogP contribution is 2.33. The number of rotatable bonds is 5. The molecule has 3 heterocycles. The van der Waals surface area contributed by atoms with Gasteiger partial charge in [0.05, 0.1) is 28.1 Å². The molecule has 9 nitrogen and oxygen atoms in total. The van der Waals surface area contributed by atoms with E-state index in [2.05, 4.69) is 35.2 Å². The van der Waals surface area contributed by atoms with Gasteiger partial charge in [-0.25, -0.2) is 4.98 Å². The number of hydrogen-bond donors (Lipinski definition) is 3. The number of aromatic amines is 1. The fraction of sp³-hybridized carbons (Fsp3) is 0.0952. The summed E-state index contributed by atoms with van der Waals surface area (Å²) in [5.41, 5.74) is 3.46. The maximum absolute atomic E-state index is 12.5. The van der Waals surface area contributed by atoms with Crippen molar-refractivity contribution in [3.05, 3.63) is 65.0 Å². The molecule has 0 spiro atoms. The van der Waals surface area contributed by atoms with Crippen LogP contribution in [0.15, 0.2) is 47.0 Å². The molecule has 32 heavy (non-hydrogen) atoms. The van der Waals surface area contributed by atoms with Gasteiger partial charge < -0.3 is 15.1 Å². The molecule has 1 amide bonds. The number of nitrogens with one attached hydrogen (secondary N) is 3. The van der Waals surface area contributed by atoms with Gasteiger partial charge in [0, 0.05) is 35.1 Å². The molecule has 5 rings (SSSR count). The molecule has 3 aromatic heterocycles. The van der Waals surface area contributed by atoms with Crippen molar-refractivity contribution < 1.29 is 9.21 Å². The van der Waals surface area contributed by atoms with Crippen LogP contribution in [-0.2, 0) is 0 Å². The monoisotopic (exact) mass is 465 g/mol. The van der Waals surface area contributed by atoms with Gasteiger partial charge in [-0.1, -0.05) is 23.7 Å². The second-order valence-electron chi connectivity index (χ2n) is 6.99. The molecule has 5 aromatic rings. The predicted molar refractivity (Wildman–Crippen MR) is 124 cm³/mol. The quantitative estimate of drug-likeness (QED) is 0.320. The normalized spacial score (nSPS) is 11.1. The molecule has 0 unspecified atom stereocenters. The minimum Gasteiger partial charge on any atom is -0.436 e. The Morgan fingerprint density at radius 1 is 1.19 bits per heavy atom. The lowest BCUT2D eigenvalue weighted by Gasteiger charge is -2.06. The van der Waals surface area contributed by atoms with Crippen LogP contribution in [0.25, 0.3) is 22.3 Å². The van der Waals surface area contributed by atoms with Crippen LogP contribution >= 0.6 is 23.1 Å². The number of carbonyl (C=O) groups is 1. The van der Waals surface area contributed by atoms with Crippen molar-refractivity contribution >= 4 is 56.4 Å². The predicted octanol–water partition coefficient (Wildman–Crippen LogP) is 5.34. The van der Waals surface area contributed by atoms with Gasteiger partial charge in [-0.2, -0.15) is 14.5 Å². The number of fused-ring (bicyclic) bond motifs is 1. The number of hydrogen-bond acceptors (Lipinski definition) is 8. The van der Waals surface area contributed by atoms with Gasteiger partial charge in [0.1, 0.15) is 0 Å². The number of oxazole rings is 1. The average Bonchev–Trinajstić information content (AvgIpc) is 3.50. The number of amides is 1. The lowest BCUT2D eigenvalue weighted by Crippen LogP contribution is -2.12. The van der Waals surface area contributed by atoms with Crippen LogP contribution in [0.4, 0.5) is 16.5 Å².